The maximum absolute atomic E-state index is 12.8. The van der Waals surface area contributed by atoms with Crippen LogP contribution in [0, 0.1) is 5.92 Å². The molecule has 1 saturated heterocycles. The molecule has 0 aromatic carbocycles. The molecule has 1 N–H and O–H groups in total. The van der Waals surface area contributed by atoms with Crippen molar-refractivity contribution in [3.63, 3.8) is 0 Å². The number of hydrogen-bond acceptors (Lipinski definition) is 7. The summed E-state index contributed by atoms with van der Waals surface area (Å²) in [4.78, 5) is 21.0. The second-order valence-corrected chi connectivity index (χ2v) is 8.65. The number of amides is 1. The molecule has 9 heteroatoms. The number of piperidine rings is 1. The average molecular weight is 410 g/mol. The zero-order chi connectivity index (χ0) is 19.6. The fourth-order valence-corrected chi connectivity index (χ4v) is 5.08. The van der Waals surface area contributed by atoms with Crippen LogP contribution in [0.5, 0.6) is 0 Å². The molecule has 5 rings (SSSR count). The van der Waals surface area contributed by atoms with Gasteiger partial charge in [-0.2, -0.15) is 5.10 Å². The monoisotopic (exact) mass is 409 g/mol. The zero-order valence-electron chi connectivity index (χ0n) is 16.1. The van der Waals surface area contributed by atoms with E-state index < -0.39 is 0 Å². The smallest absolute Gasteiger partial charge is 0.231 e. The van der Waals surface area contributed by atoms with Crippen LogP contribution in [0.25, 0.3) is 5.82 Å². The molecule has 1 atom stereocenters. The van der Waals surface area contributed by atoms with E-state index in [4.69, 9.17) is 0 Å². The Bertz CT molecular complexity index is 959. The minimum Gasteiger partial charge on any atom is -0.354 e. The van der Waals surface area contributed by atoms with E-state index in [0.717, 1.165) is 43.2 Å². The van der Waals surface area contributed by atoms with Crippen LogP contribution in [0.1, 0.15) is 36.3 Å². The van der Waals surface area contributed by atoms with E-state index in [9.17, 15) is 4.79 Å². The molecule has 1 unspecified atom stereocenters. The molecular formula is C20H23N7OS. The maximum Gasteiger partial charge on any atom is 0.231 e. The van der Waals surface area contributed by atoms with Crippen LogP contribution >= 0.6 is 11.3 Å². The Labute approximate surface area is 173 Å². The first kappa shape index (κ1) is 18.2. The van der Waals surface area contributed by atoms with Crippen LogP contribution in [0.4, 0.5) is 10.9 Å². The molecule has 2 aliphatic rings. The molecule has 1 fully saturated rings. The van der Waals surface area contributed by atoms with Crippen molar-refractivity contribution in [2.24, 2.45) is 5.92 Å². The lowest BCUT2D eigenvalue weighted by Crippen LogP contribution is -2.41. The third kappa shape index (κ3) is 3.87. The van der Waals surface area contributed by atoms with Gasteiger partial charge in [-0.05, 0) is 56.7 Å². The highest BCUT2D eigenvalue weighted by Crippen LogP contribution is 2.30. The number of aromatic nitrogens is 5. The predicted molar refractivity (Wildman–Crippen MR) is 111 cm³/mol. The summed E-state index contributed by atoms with van der Waals surface area (Å²) in [6.07, 6.45) is 9.92. The van der Waals surface area contributed by atoms with Gasteiger partial charge in [0.05, 0.1) is 11.6 Å². The number of thiazole rings is 1. The summed E-state index contributed by atoms with van der Waals surface area (Å²) in [6, 6.07) is 5.70. The standard InChI is InChI=1S/C20H23N7OS/c28-19(23-20-22-15-6-1-2-7-16(15)29-20)14-5-3-11-26(13-14)17-8-9-18(25-24-17)27-12-4-10-21-27/h4,8-10,12,14H,1-3,5-7,11,13H2,(H,22,23,28). The molecule has 0 bridgehead atoms. The highest BCUT2D eigenvalue weighted by atomic mass is 32.1. The second-order valence-electron chi connectivity index (χ2n) is 7.57. The maximum atomic E-state index is 12.8. The largest absolute Gasteiger partial charge is 0.354 e. The Kier molecular flexibility index (Phi) is 4.97. The van der Waals surface area contributed by atoms with Crippen molar-refractivity contribution in [1.29, 1.82) is 0 Å². The molecule has 8 nitrogen and oxygen atoms in total. The van der Waals surface area contributed by atoms with E-state index >= 15 is 0 Å². The van der Waals surface area contributed by atoms with Crippen LogP contribution < -0.4 is 10.2 Å². The van der Waals surface area contributed by atoms with Crippen molar-refractivity contribution >= 4 is 28.2 Å². The number of aryl methyl sites for hydroxylation is 2. The molecule has 0 radical (unpaired) electrons. The van der Waals surface area contributed by atoms with Crippen molar-refractivity contribution in [1.82, 2.24) is 25.0 Å². The first-order chi connectivity index (χ1) is 14.3. The Balaban J connectivity index is 1.24. The summed E-state index contributed by atoms with van der Waals surface area (Å²) in [5, 5.41) is 16.6. The topological polar surface area (TPSA) is 88.8 Å². The molecule has 29 heavy (non-hydrogen) atoms. The average Bonchev–Trinajstić information content (AvgIpc) is 3.43. The van der Waals surface area contributed by atoms with E-state index in [1.807, 2.05) is 24.4 Å². The summed E-state index contributed by atoms with van der Waals surface area (Å²) in [5.41, 5.74) is 1.18. The molecule has 3 aromatic heterocycles. The van der Waals surface area contributed by atoms with E-state index in [1.165, 1.54) is 23.4 Å². The molecule has 3 aromatic rings. The van der Waals surface area contributed by atoms with Gasteiger partial charge in [-0.3, -0.25) is 4.79 Å². The van der Waals surface area contributed by atoms with Crippen LogP contribution in [0.3, 0.4) is 0 Å². The Morgan fingerprint density at radius 1 is 1.14 bits per heavy atom. The molecule has 0 spiro atoms. The van der Waals surface area contributed by atoms with Gasteiger partial charge in [0, 0.05) is 30.4 Å². The van der Waals surface area contributed by atoms with Gasteiger partial charge >= 0.3 is 0 Å². The third-order valence-electron chi connectivity index (χ3n) is 5.57. The molecule has 4 heterocycles. The Morgan fingerprint density at radius 2 is 2.00 bits per heavy atom. The molecule has 1 aliphatic carbocycles. The summed E-state index contributed by atoms with van der Waals surface area (Å²) in [6.45, 7) is 1.53. The van der Waals surface area contributed by atoms with E-state index in [-0.39, 0.29) is 11.8 Å². The van der Waals surface area contributed by atoms with Crippen LogP contribution in [-0.4, -0.2) is 44.0 Å². The Hall–Kier alpha value is -2.81. The summed E-state index contributed by atoms with van der Waals surface area (Å²) >= 11 is 1.64. The minimum atomic E-state index is -0.0720. The quantitative estimate of drug-likeness (QED) is 0.713. The van der Waals surface area contributed by atoms with Crippen molar-refractivity contribution < 1.29 is 4.79 Å². The minimum absolute atomic E-state index is 0.0573. The van der Waals surface area contributed by atoms with Gasteiger partial charge in [-0.25, -0.2) is 9.67 Å². The molecule has 1 amide bonds. The van der Waals surface area contributed by atoms with Gasteiger partial charge in [0.1, 0.15) is 0 Å². The van der Waals surface area contributed by atoms with Gasteiger partial charge in [0.2, 0.25) is 5.91 Å². The SMILES string of the molecule is O=C(Nc1nc2c(s1)CCCC2)C1CCCN(c2ccc(-n3cccn3)nn2)C1. The molecule has 150 valence electrons. The number of carbonyl (C=O) groups is 1. The number of fused-ring (bicyclic) bond motifs is 1. The zero-order valence-corrected chi connectivity index (χ0v) is 16.9. The number of rotatable bonds is 4. The number of carbonyl (C=O) groups excluding carboxylic acids is 1. The lowest BCUT2D eigenvalue weighted by molar-refractivity contribution is -0.120. The van der Waals surface area contributed by atoms with E-state index in [2.05, 4.69) is 30.5 Å². The summed E-state index contributed by atoms with van der Waals surface area (Å²) < 4.78 is 1.68. The van der Waals surface area contributed by atoms with E-state index in [1.54, 1.807) is 22.2 Å². The van der Waals surface area contributed by atoms with Crippen molar-refractivity contribution in [2.75, 3.05) is 23.3 Å². The van der Waals surface area contributed by atoms with Crippen molar-refractivity contribution in [2.45, 2.75) is 38.5 Å². The van der Waals surface area contributed by atoms with Gasteiger partial charge in [-0.15, -0.1) is 21.5 Å². The molecular weight excluding hydrogens is 386 g/mol. The molecule has 0 saturated carbocycles. The Morgan fingerprint density at radius 3 is 2.79 bits per heavy atom. The van der Waals surface area contributed by atoms with Crippen LogP contribution in [-0.2, 0) is 17.6 Å². The molecule has 1 aliphatic heterocycles. The summed E-state index contributed by atoms with van der Waals surface area (Å²) in [7, 11) is 0. The summed E-state index contributed by atoms with van der Waals surface area (Å²) in [5.74, 6) is 1.46. The van der Waals surface area contributed by atoms with Gasteiger partial charge in [0.25, 0.3) is 0 Å². The second kappa shape index (κ2) is 7.90. The van der Waals surface area contributed by atoms with Crippen LogP contribution in [0.2, 0.25) is 0 Å². The predicted octanol–water partition coefficient (Wildman–Crippen LogP) is 2.85. The van der Waals surface area contributed by atoms with Crippen LogP contribution in [0.15, 0.2) is 30.6 Å². The fraction of sp³-hybridized carbons (Fsp3) is 0.450. The highest BCUT2D eigenvalue weighted by molar-refractivity contribution is 7.15. The first-order valence-electron chi connectivity index (χ1n) is 10.1. The van der Waals surface area contributed by atoms with Gasteiger partial charge < -0.3 is 10.2 Å². The number of hydrogen-bond donors (Lipinski definition) is 1. The lowest BCUT2D eigenvalue weighted by atomic mass is 9.97. The normalized spacial score (nSPS) is 19.0. The number of anilines is 2. The van der Waals surface area contributed by atoms with E-state index in [0.29, 0.717) is 12.4 Å². The lowest BCUT2D eigenvalue weighted by Gasteiger charge is -2.32. The first-order valence-corrected chi connectivity index (χ1v) is 11.0. The number of nitrogens with one attached hydrogen (secondary N) is 1. The van der Waals surface area contributed by atoms with Gasteiger partial charge in [0.15, 0.2) is 16.8 Å². The number of nitrogens with zero attached hydrogens (tertiary/aromatic N) is 6. The van der Waals surface area contributed by atoms with Crippen molar-refractivity contribution in [3.05, 3.63) is 41.2 Å². The fourth-order valence-electron chi connectivity index (χ4n) is 4.03. The van der Waals surface area contributed by atoms with Gasteiger partial charge in [-0.1, -0.05) is 0 Å². The highest BCUT2D eigenvalue weighted by Gasteiger charge is 2.28. The van der Waals surface area contributed by atoms with Crippen molar-refractivity contribution in [3.8, 4) is 5.82 Å². The third-order valence-corrected chi connectivity index (χ3v) is 6.64.